The lowest BCUT2D eigenvalue weighted by Gasteiger charge is -2.31. The molecule has 168 valence electrons. The summed E-state index contributed by atoms with van der Waals surface area (Å²) in [7, 11) is 7.00. The lowest BCUT2D eigenvalue weighted by molar-refractivity contribution is -0.142. The molecule has 0 aliphatic heterocycles. The van der Waals surface area contributed by atoms with Crippen molar-refractivity contribution in [2.45, 2.75) is 24.9 Å². The molecule has 3 aromatic rings. The van der Waals surface area contributed by atoms with E-state index in [0.29, 0.717) is 12.8 Å². The van der Waals surface area contributed by atoms with Crippen LogP contribution in [-0.4, -0.2) is 62.0 Å². The minimum Gasteiger partial charge on any atom is -0.332 e. The van der Waals surface area contributed by atoms with Gasteiger partial charge in [-0.05, 0) is 35.4 Å². The van der Waals surface area contributed by atoms with Gasteiger partial charge in [-0.1, -0.05) is 72.8 Å². The van der Waals surface area contributed by atoms with Gasteiger partial charge in [-0.15, -0.1) is 0 Å². The number of hydrogen-bond donors (Lipinski definition) is 2. The van der Waals surface area contributed by atoms with E-state index in [1.807, 2.05) is 42.5 Å². The summed E-state index contributed by atoms with van der Waals surface area (Å²) in [6.45, 7) is 0. The molecule has 6 heteroatoms. The van der Waals surface area contributed by atoms with Crippen LogP contribution in [0.1, 0.15) is 11.1 Å². The van der Waals surface area contributed by atoms with E-state index in [2.05, 4.69) is 41.1 Å². The maximum Gasteiger partial charge on any atom is 0.257 e. The fraction of sp³-hybridized carbons (Fsp3) is 0.308. The smallest absolute Gasteiger partial charge is 0.257 e. The average Bonchev–Trinajstić information content (AvgIpc) is 2.80. The summed E-state index contributed by atoms with van der Waals surface area (Å²) in [5.74, 6) is -0.328. The molecule has 0 saturated heterocycles. The molecule has 0 aliphatic carbocycles. The Morgan fingerprint density at radius 2 is 1.47 bits per heavy atom. The molecule has 3 aromatic carbocycles. The number of amides is 2. The van der Waals surface area contributed by atoms with Crippen LogP contribution in [0.4, 0.5) is 0 Å². The zero-order valence-electron chi connectivity index (χ0n) is 19.2. The molecule has 0 fully saturated rings. The average molecular weight is 433 g/mol. The number of nitrogens with one attached hydrogen (secondary N) is 2. The molecule has 0 aromatic heterocycles. The summed E-state index contributed by atoms with van der Waals surface area (Å²) in [5.41, 5.74) is 4.88. The first-order chi connectivity index (χ1) is 15.4. The van der Waals surface area contributed by atoms with Gasteiger partial charge in [0, 0.05) is 27.6 Å². The maximum atomic E-state index is 13.4. The van der Waals surface area contributed by atoms with Gasteiger partial charge in [0.2, 0.25) is 5.91 Å². The Hall–Kier alpha value is -3.22. The largest absolute Gasteiger partial charge is 0.332 e. The van der Waals surface area contributed by atoms with Crippen LogP contribution >= 0.6 is 0 Å². The van der Waals surface area contributed by atoms with Gasteiger partial charge in [0.05, 0.1) is 6.04 Å². The number of hydrazine groups is 1. The van der Waals surface area contributed by atoms with Crippen molar-refractivity contribution in [3.05, 3.63) is 83.9 Å². The van der Waals surface area contributed by atoms with E-state index in [1.54, 1.807) is 38.1 Å². The molecule has 0 heterocycles. The van der Waals surface area contributed by atoms with E-state index >= 15 is 0 Å². The highest BCUT2D eigenvalue weighted by Gasteiger charge is 2.31. The minimum atomic E-state index is -0.625. The zero-order chi connectivity index (χ0) is 23.1. The first-order valence-corrected chi connectivity index (χ1v) is 10.8. The predicted molar refractivity (Wildman–Crippen MR) is 129 cm³/mol. The molecule has 0 spiro atoms. The Balaban J connectivity index is 1.79. The Kier molecular flexibility index (Phi) is 7.98. The number of carbonyl (C=O) groups is 2. The molecule has 0 radical (unpaired) electrons. The molecular weight excluding hydrogens is 400 g/mol. The second-order valence-electron chi connectivity index (χ2n) is 8.25. The quantitative estimate of drug-likeness (QED) is 0.510. The molecular formula is C26H32N4O2. The molecule has 2 N–H and O–H groups in total. The third-order valence-corrected chi connectivity index (χ3v) is 5.62. The van der Waals surface area contributed by atoms with Gasteiger partial charge in [0.1, 0.15) is 6.04 Å². The molecule has 0 unspecified atom stereocenters. The van der Waals surface area contributed by atoms with Gasteiger partial charge in [0.15, 0.2) is 0 Å². The van der Waals surface area contributed by atoms with Gasteiger partial charge in [-0.25, -0.2) is 5.01 Å². The van der Waals surface area contributed by atoms with Gasteiger partial charge in [-0.2, -0.15) is 0 Å². The Bertz CT molecular complexity index is 1050. The SMILES string of the molecule is CN[C@H](Cc1ccc2ccccc2c1)C(=O)N(C)[C@H](Cc1ccccc1)C(=O)NN(C)C. The zero-order valence-corrected chi connectivity index (χ0v) is 19.2. The fourth-order valence-electron chi connectivity index (χ4n) is 3.85. The van der Waals surface area contributed by atoms with Gasteiger partial charge in [-0.3, -0.25) is 15.0 Å². The van der Waals surface area contributed by atoms with E-state index in [0.717, 1.165) is 16.5 Å². The van der Waals surface area contributed by atoms with Crippen LogP contribution in [-0.2, 0) is 22.4 Å². The Morgan fingerprint density at radius 3 is 2.12 bits per heavy atom. The third-order valence-electron chi connectivity index (χ3n) is 5.62. The summed E-state index contributed by atoms with van der Waals surface area (Å²) < 4.78 is 0. The van der Waals surface area contributed by atoms with Crippen LogP contribution in [0, 0.1) is 0 Å². The Morgan fingerprint density at radius 1 is 0.812 bits per heavy atom. The molecule has 3 rings (SSSR count). The van der Waals surface area contributed by atoms with Crippen molar-refractivity contribution in [2.75, 3.05) is 28.2 Å². The van der Waals surface area contributed by atoms with Crippen LogP contribution < -0.4 is 10.7 Å². The van der Waals surface area contributed by atoms with Crippen molar-refractivity contribution in [2.24, 2.45) is 0 Å². The van der Waals surface area contributed by atoms with E-state index in [-0.39, 0.29) is 11.8 Å². The van der Waals surface area contributed by atoms with Crippen LogP contribution in [0.15, 0.2) is 72.8 Å². The topological polar surface area (TPSA) is 64.7 Å². The summed E-state index contributed by atoms with van der Waals surface area (Å²) in [6.07, 6.45) is 0.979. The van der Waals surface area contributed by atoms with Crippen molar-refractivity contribution >= 4 is 22.6 Å². The fourth-order valence-corrected chi connectivity index (χ4v) is 3.85. The first kappa shape index (κ1) is 23.4. The highest BCUT2D eigenvalue weighted by Crippen LogP contribution is 2.18. The van der Waals surface area contributed by atoms with E-state index in [1.165, 1.54) is 5.39 Å². The van der Waals surface area contributed by atoms with E-state index in [9.17, 15) is 9.59 Å². The second kappa shape index (κ2) is 10.9. The summed E-state index contributed by atoms with van der Waals surface area (Å²) in [6, 6.07) is 23.1. The summed E-state index contributed by atoms with van der Waals surface area (Å²) in [5, 5.41) is 7.06. The number of benzene rings is 3. The number of carbonyl (C=O) groups excluding carboxylic acids is 2. The number of rotatable bonds is 9. The molecule has 0 saturated carbocycles. The second-order valence-corrected chi connectivity index (χ2v) is 8.25. The number of fused-ring (bicyclic) bond motifs is 1. The lowest BCUT2D eigenvalue weighted by Crippen LogP contribution is -2.56. The normalized spacial score (nSPS) is 13.0. The van der Waals surface area contributed by atoms with Crippen LogP contribution in [0.25, 0.3) is 10.8 Å². The van der Waals surface area contributed by atoms with Crippen LogP contribution in [0.5, 0.6) is 0 Å². The number of likely N-dealkylation sites (N-methyl/N-ethyl adjacent to an activating group) is 2. The Labute approximate surface area is 190 Å². The predicted octanol–water partition coefficient (Wildman–Crippen LogP) is 2.63. The number of nitrogens with zero attached hydrogens (tertiary/aromatic N) is 2. The third kappa shape index (κ3) is 5.93. The number of hydrogen-bond acceptors (Lipinski definition) is 4. The highest BCUT2D eigenvalue weighted by molar-refractivity contribution is 5.90. The van der Waals surface area contributed by atoms with Crippen molar-refractivity contribution in [1.29, 1.82) is 0 Å². The summed E-state index contributed by atoms with van der Waals surface area (Å²) >= 11 is 0. The van der Waals surface area contributed by atoms with Crippen LogP contribution in [0.3, 0.4) is 0 Å². The van der Waals surface area contributed by atoms with Crippen molar-refractivity contribution in [3.8, 4) is 0 Å². The minimum absolute atomic E-state index is 0.115. The van der Waals surface area contributed by atoms with Crippen molar-refractivity contribution < 1.29 is 9.59 Å². The standard InChI is InChI=1S/C26H32N4O2/c1-27-23(17-20-14-15-21-12-8-9-13-22(21)16-20)26(32)30(4)24(25(31)28-29(2)3)18-19-10-6-5-7-11-19/h5-16,23-24,27H,17-18H2,1-4H3,(H,28,31)/t23-,24-/m1/s1. The molecule has 0 bridgehead atoms. The lowest BCUT2D eigenvalue weighted by atomic mass is 9.99. The van der Waals surface area contributed by atoms with Crippen molar-refractivity contribution in [3.63, 3.8) is 0 Å². The molecule has 2 atom stereocenters. The highest BCUT2D eigenvalue weighted by atomic mass is 16.2. The van der Waals surface area contributed by atoms with Crippen LogP contribution in [0.2, 0.25) is 0 Å². The summed E-state index contributed by atoms with van der Waals surface area (Å²) in [4.78, 5) is 27.9. The van der Waals surface area contributed by atoms with E-state index < -0.39 is 12.1 Å². The molecule has 0 aliphatic rings. The monoisotopic (exact) mass is 432 g/mol. The molecule has 2 amide bonds. The van der Waals surface area contributed by atoms with Gasteiger partial charge >= 0.3 is 0 Å². The maximum absolute atomic E-state index is 13.4. The van der Waals surface area contributed by atoms with Gasteiger partial charge < -0.3 is 10.2 Å². The van der Waals surface area contributed by atoms with E-state index in [4.69, 9.17) is 0 Å². The molecule has 32 heavy (non-hydrogen) atoms. The molecule has 6 nitrogen and oxygen atoms in total. The first-order valence-electron chi connectivity index (χ1n) is 10.8. The van der Waals surface area contributed by atoms with Crippen molar-refractivity contribution in [1.82, 2.24) is 20.7 Å². The van der Waals surface area contributed by atoms with Gasteiger partial charge in [0.25, 0.3) is 5.91 Å².